The van der Waals surface area contributed by atoms with Crippen LogP contribution in [0.1, 0.15) is 38.2 Å². The summed E-state index contributed by atoms with van der Waals surface area (Å²) >= 11 is 2.18. The van der Waals surface area contributed by atoms with Gasteiger partial charge in [0.05, 0.1) is 24.1 Å². The Balaban J connectivity index is 1.48. The zero-order valence-corrected chi connectivity index (χ0v) is 23.6. The summed E-state index contributed by atoms with van der Waals surface area (Å²) in [5, 5.41) is 10.3. The van der Waals surface area contributed by atoms with Crippen molar-refractivity contribution in [2.24, 2.45) is 17.8 Å². The molecule has 2 aromatic carbocycles. The lowest BCUT2D eigenvalue weighted by Crippen LogP contribution is -2.39. The molecule has 198 valence electrons. The van der Waals surface area contributed by atoms with Crippen LogP contribution in [0.5, 0.6) is 11.5 Å². The number of amides is 2. The van der Waals surface area contributed by atoms with Crippen molar-refractivity contribution >= 4 is 51.7 Å². The summed E-state index contributed by atoms with van der Waals surface area (Å²) in [6.45, 7) is 3.78. The van der Waals surface area contributed by atoms with Crippen LogP contribution in [0.3, 0.4) is 0 Å². The number of hydrogen-bond acceptors (Lipinski definition) is 6. The SMILES string of the molecule is CCOc1cc(C2C3=CCC4C(=O)N(c5ccc(I)cc5)C(=O)C4C3CC3=C2C(=O)C=C(C)C3=O)ccc1O. The topological polar surface area (TPSA) is 101 Å². The van der Waals surface area contributed by atoms with Crippen LogP contribution < -0.4 is 9.64 Å². The van der Waals surface area contributed by atoms with E-state index in [-0.39, 0.29) is 41.3 Å². The first kappa shape index (κ1) is 25.7. The Hall–Kier alpha value is -3.53. The Kier molecular flexibility index (Phi) is 6.32. The standard InChI is InChI=1S/C31H26INO6/c1-3-39-25-13-16(4-11-23(25)34)26-19-9-10-20-27(21(19)14-22-28(26)24(35)12-15(2)29(22)36)31(38)33(30(20)37)18-7-5-17(32)6-8-18/h4-9,11-13,20-21,26-27,34H,3,10,14H2,1-2H3. The van der Waals surface area contributed by atoms with Crippen molar-refractivity contribution in [3.63, 3.8) is 0 Å². The molecule has 0 bridgehead atoms. The molecule has 1 saturated heterocycles. The Morgan fingerprint density at radius 2 is 1.77 bits per heavy atom. The van der Waals surface area contributed by atoms with Crippen LogP contribution in [0, 0.1) is 21.3 Å². The molecule has 1 heterocycles. The third-order valence-corrected chi connectivity index (χ3v) is 8.98. The van der Waals surface area contributed by atoms with Crippen LogP contribution in [0.4, 0.5) is 5.69 Å². The molecule has 3 aliphatic carbocycles. The van der Waals surface area contributed by atoms with Crippen molar-refractivity contribution in [2.45, 2.75) is 32.6 Å². The van der Waals surface area contributed by atoms with Gasteiger partial charge in [-0.25, -0.2) is 0 Å². The zero-order valence-electron chi connectivity index (χ0n) is 21.4. The molecule has 8 heteroatoms. The molecular weight excluding hydrogens is 609 g/mol. The minimum atomic E-state index is -0.633. The third kappa shape index (κ3) is 3.99. The number of ether oxygens (including phenoxy) is 1. The molecular formula is C31H26INO6. The van der Waals surface area contributed by atoms with Gasteiger partial charge in [0.2, 0.25) is 11.8 Å². The average molecular weight is 635 g/mol. The van der Waals surface area contributed by atoms with Gasteiger partial charge < -0.3 is 9.84 Å². The largest absolute Gasteiger partial charge is 0.504 e. The molecule has 39 heavy (non-hydrogen) atoms. The van der Waals surface area contributed by atoms with Crippen molar-refractivity contribution in [3.8, 4) is 11.5 Å². The first-order chi connectivity index (χ1) is 18.7. The lowest BCUT2D eigenvalue weighted by Gasteiger charge is -2.42. The predicted molar refractivity (Wildman–Crippen MR) is 152 cm³/mol. The van der Waals surface area contributed by atoms with Gasteiger partial charge in [-0.15, -0.1) is 0 Å². The maximum absolute atomic E-state index is 13.9. The van der Waals surface area contributed by atoms with E-state index in [1.807, 2.05) is 25.1 Å². The van der Waals surface area contributed by atoms with Gasteiger partial charge in [-0.3, -0.25) is 24.1 Å². The summed E-state index contributed by atoms with van der Waals surface area (Å²) in [7, 11) is 0. The van der Waals surface area contributed by atoms with Gasteiger partial charge in [0.25, 0.3) is 0 Å². The Labute approximate surface area is 239 Å². The molecule has 0 saturated carbocycles. The molecule has 4 unspecified atom stereocenters. The normalized spacial score (nSPS) is 26.2. The van der Waals surface area contributed by atoms with Crippen molar-refractivity contribution < 1.29 is 29.0 Å². The van der Waals surface area contributed by atoms with Gasteiger partial charge >= 0.3 is 0 Å². The van der Waals surface area contributed by atoms with Crippen LogP contribution in [0.15, 0.2) is 76.9 Å². The smallest absolute Gasteiger partial charge is 0.238 e. The Morgan fingerprint density at radius 1 is 1.03 bits per heavy atom. The number of halogens is 1. The monoisotopic (exact) mass is 635 g/mol. The fourth-order valence-electron chi connectivity index (χ4n) is 6.59. The summed E-state index contributed by atoms with van der Waals surface area (Å²) in [5.41, 5.74) is 3.28. The van der Waals surface area contributed by atoms with E-state index in [1.165, 1.54) is 17.0 Å². The highest BCUT2D eigenvalue weighted by Gasteiger charge is 2.56. The summed E-state index contributed by atoms with van der Waals surface area (Å²) in [6.07, 6.45) is 3.96. The highest BCUT2D eigenvalue weighted by atomic mass is 127. The number of anilines is 1. The third-order valence-electron chi connectivity index (χ3n) is 8.26. The van der Waals surface area contributed by atoms with E-state index in [1.54, 1.807) is 31.2 Å². The minimum absolute atomic E-state index is 0.0219. The number of phenolic OH excluding ortho intramolecular Hbond substituents is 1. The molecule has 4 atom stereocenters. The highest BCUT2D eigenvalue weighted by molar-refractivity contribution is 14.1. The highest BCUT2D eigenvalue weighted by Crippen LogP contribution is 2.55. The van der Waals surface area contributed by atoms with Gasteiger partial charge in [-0.05, 0) is 103 Å². The second kappa shape index (κ2) is 9.59. The molecule has 2 amide bonds. The fraction of sp³-hybridized carbons (Fsp3) is 0.290. The number of phenols is 1. The molecule has 1 fully saturated rings. The molecule has 0 aromatic heterocycles. The molecule has 6 rings (SSSR count). The first-order valence-corrected chi connectivity index (χ1v) is 14.1. The molecule has 0 radical (unpaired) electrons. The maximum atomic E-state index is 13.9. The predicted octanol–water partition coefficient (Wildman–Crippen LogP) is 5.03. The van der Waals surface area contributed by atoms with Crippen molar-refractivity contribution in [2.75, 3.05) is 11.5 Å². The van der Waals surface area contributed by atoms with E-state index in [0.717, 1.165) is 9.14 Å². The number of nitrogens with zero attached hydrogens (tertiary/aromatic N) is 1. The summed E-state index contributed by atoms with van der Waals surface area (Å²) in [5.74, 6) is -2.84. The van der Waals surface area contributed by atoms with E-state index in [2.05, 4.69) is 22.6 Å². The van der Waals surface area contributed by atoms with E-state index in [0.29, 0.717) is 41.0 Å². The minimum Gasteiger partial charge on any atom is -0.504 e. The molecule has 4 aliphatic rings. The van der Waals surface area contributed by atoms with Crippen LogP contribution in [-0.4, -0.2) is 35.1 Å². The molecule has 1 aliphatic heterocycles. The number of hydrogen-bond donors (Lipinski definition) is 1. The fourth-order valence-corrected chi connectivity index (χ4v) is 6.95. The number of aromatic hydroxyl groups is 1. The number of allylic oxidation sites excluding steroid dienone is 6. The lowest BCUT2D eigenvalue weighted by molar-refractivity contribution is -0.123. The average Bonchev–Trinajstić information content (AvgIpc) is 3.18. The molecule has 7 nitrogen and oxygen atoms in total. The van der Waals surface area contributed by atoms with Gasteiger partial charge in [0.1, 0.15) is 0 Å². The number of imide groups is 1. The lowest BCUT2D eigenvalue weighted by atomic mass is 9.59. The van der Waals surface area contributed by atoms with Crippen molar-refractivity contribution in [1.29, 1.82) is 0 Å². The number of carbonyl (C=O) groups excluding carboxylic acids is 4. The number of rotatable bonds is 4. The van der Waals surface area contributed by atoms with Crippen molar-refractivity contribution in [3.05, 3.63) is 86.0 Å². The second-order valence-corrected chi connectivity index (χ2v) is 11.6. The van der Waals surface area contributed by atoms with E-state index < -0.39 is 23.7 Å². The number of carbonyl (C=O) groups is 4. The van der Waals surface area contributed by atoms with Gasteiger partial charge in [-0.1, -0.05) is 17.7 Å². The second-order valence-electron chi connectivity index (χ2n) is 10.4. The van der Waals surface area contributed by atoms with Crippen LogP contribution in [0.2, 0.25) is 0 Å². The number of fused-ring (bicyclic) bond motifs is 3. The van der Waals surface area contributed by atoms with Gasteiger partial charge in [-0.2, -0.15) is 0 Å². The summed E-state index contributed by atoms with van der Waals surface area (Å²) in [4.78, 5) is 55.6. The van der Waals surface area contributed by atoms with Crippen LogP contribution in [0.25, 0.3) is 0 Å². The van der Waals surface area contributed by atoms with E-state index >= 15 is 0 Å². The van der Waals surface area contributed by atoms with Crippen molar-refractivity contribution in [1.82, 2.24) is 0 Å². The summed E-state index contributed by atoms with van der Waals surface area (Å²) in [6, 6.07) is 12.2. The zero-order chi connectivity index (χ0) is 27.6. The van der Waals surface area contributed by atoms with Crippen LogP contribution in [-0.2, 0) is 19.2 Å². The van der Waals surface area contributed by atoms with Crippen LogP contribution >= 0.6 is 22.6 Å². The quantitative estimate of drug-likeness (QED) is 0.219. The van der Waals surface area contributed by atoms with E-state index in [9.17, 15) is 24.3 Å². The molecule has 2 aromatic rings. The number of benzene rings is 2. The van der Waals surface area contributed by atoms with E-state index in [4.69, 9.17) is 4.74 Å². The van der Waals surface area contributed by atoms with Gasteiger partial charge in [0, 0.05) is 26.2 Å². The summed E-state index contributed by atoms with van der Waals surface area (Å²) < 4.78 is 6.62. The molecule has 1 N–H and O–H groups in total. The first-order valence-electron chi connectivity index (χ1n) is 13.0. The maximum Gasteiger partial charge on any atom is 0.238 e. The number of Topliss-reactive ketones (excluding diaryl/α,β-unsaturated/α-hetero) is 1. The Morgan fingerprint density at radius 3 is 2.49 bits per heavy atom. The molecule has 0 spiro atoms. The number of ketones is 2. The van der Waals surface area contributed by atoms with Gasteiger partial charge in [0.15, 0.2) is 23.1 Å². The Bertz CT molecular complexity index is 1550.